The highest BCUT2D eigenvalue weighted by molar-refractivity contribution is 5.89. The van der Waals surface area contributed by atoms with Gasteiger partial charge in [0.1, 0.15) is 17.4 Å². The van der Waals surface area contributed by atoms with E-state index in [9.17, 15) is 9.18 Å². The summed E-state index contributed by atoms with van der Waals surface area (Å²) in [6.45, 7) is 5.69. The van der Waals surface area contributed by atoms with Crippen LogP contribution in [0.25, 0.3) is 0 Å². The lowest BCUT2D eigenvalue weighted by molar-refractivity contribution is 0.0727. The number of hydrogen-bond acceptors (Lipinski definition) is 4. The fourth-order valence-corrected chi connectivity index (χ4v) is 1.76. The van der Waals surface area contributed by atoms with E-state index < -0.39 is 11.8 Å². The molecule has 0 spiro atoms. The van der Waals surface area contributed by atoms with Gasteiger partial charge in [-0.05, 0) is 44.5 Å². The molecule has 21 heavy (non-hydrogen) atoms. The van der Waals surface area contributed by atoms with Gasteiger partial charge in [-0.25, -0.2) is 14.2 Å². The van der Waals surface area contributed by atoms with Gasteiger partial charge in [0.05, 0.1) is 0 Å². The number of halogens is 1. The average Bonchev–Trinajstić information content (AvgIpc) is 2.42. The van der Waals surface area contributed by atoms with E-state index in [-0.39, 0.29) is 17.5 Å². The minimum Gasteiger partial charge on any atom is -0.421 e. The van der Waals surface area contributed by atoms with Gasteiger partial charge in [-0.1, -0.05) is 12.1 Å². The zero-order chi connectivity index (χ0) is 15.4. The van der Waals surface area contributed by atoms with Crippen LogP contribution in [0.15, 0.2) is 36.4 Å². The number of hydrogen-bond donors (Lipinski definition) is 1. The fraction of sp³-hybridized carbons (Fsp3) is 0.250. The van der Waals surface area contributed by atoms with Gasteiger partial charge in [-0.2, -0.15) is 0 Å². The summed E-state index contributed by atoms with van der Waals surface area (Å²) in [6, 6.07) is 9.30. The quantitative estimate of drug-likeness (QED) is 0.690. The highest BCUT2D eigenvalue weighted by Gasteiger charge is 2.13. The SMILES string of the molecule is Cc1ccc(F)cc1OC(=O)c1cccc(NC(C)C)n1. The Balaban J connectivity index is 2.18. The smallest absolute Gasteiger partial charge is 0.362 e. The number of ether oxygens (including phenoxy) is 1. The van der Waals surface area contributed by atoms with Crippen LogP contribution in [0.5, 0.6) is 5.75 Å². The molecule has 0 atom stereocenters. The first-order valence-electron chi connectivity index (χ1n) is 6.67. The molecule has 0 aliphatic carbocycles. The molecule has 0 radical (unpaired) electrons. The second-order valence-electron chi connectivity index (χ2n) is 5.01. The monoisotopic (exact) mass is 288 g/mol. The first kappa shape index (κ1) is 15.0. The standard InChI is InChI=1S/C16H17FN2O2/c1-10(2)18-15-6-4-5-13(19-15)16(20)21-14-9-12(17)8-7-11(14)3/h4-10H,1-3H3,(H,18,19). The Morgan fingerprint density at radius 1 is 1.29 bits per heavy atom. The average molecular weight is 288 g/mol. The van der Waals surface area contributed by atoms with Gasteiger partial charge in [0, 0.05) is 12.1 Å². The summed E-state index contributed by atoms with van der Waals surface area (Å²) in [6.07, 6.45) is 0. The first-order valence-corrected chi connectivity index (χ1v) is 6.67. The van der Waals surface area contributed by atoms with Crippen LogP contribution in [0, 0.1) is 12.7 Å². The van der Waals surface area contributed by atoms with Gasteiger partial charge in [0.25, 0.3) is 0 Å². The molecule has 0 aliphatic heterocycles. The number of pyridine rings is 1. The van der Waals surface area contributed by atoms with Crippen molar-refractivity contribution in [3.63, 3.8) is 0 Å². The molecule has 1 N–H and O–H groups in total. The van der Waals surface area contributed by atoms with E-state index in [2.05, 4.69) is 10.3 Å². The Kier molecular flexibility index (Phi) is 4.52. The van der Waals surface area contributed by atoms with Crippen molar-refractivity contribution >= 4 is 11.8 Å². The van der Waals surface area contributed by atoms with Crippen molar-refractivity contribution in [3.05, 3.63) is 53.5 Å². The van der Waals surface area contributed by atoms with Crippen LogP contribution in [0.1, 0.15) is 29.9 Å². The lowest BCUT2D eigenvalue weighted by Gasteiger charge is -2.10. The van der Waals surface area contributed by atoms with Crippen molar-refractivity contribution in [2.75, 3.05) is 5.32 Å². The third-order valence-corrected chi connectivity index (χ3v) is 2.75. The van der Waals surface area contributed by atoms with Gasteiger partial charge >= 0.3 is 5.97 Å². The minimum atomic E-state index is -0.615. The topological polar surface area (TPSA) is 51.2 Å². The second-order valence-corrected chi connectivity index (χ2v) is 5.01. The lowest BCUT2D eigenvalue weighted by atomic mass is 10.2. The molecule has 2 aromatic rings. The van der Waals surface area contributed by atoms with E-state index in [1.54, 1.807) is 31.2 Å². The molecule has 1 aromatic heterocycles. The van der Waals surface area contributed by atoms with Crippen LogP contribution in [0.4, 0.5) is 10.2 Å². The van der Waals surface area contributed by atoms with Crippen molar-refractivity contribution < 1.29 is 13.9 Å². The van der Waals surface area contributed by atoms with E-state index in [4.69, 9.17) is 4.74 Å². The fourth-order valence-electron chi connectivity index (χ4n) is 1.76. The van der Waals surface area contributed by atoms with Gasteiger partial charge < -0.3 is 10.1 Å². The normalized spacial score (nSPS) is 10.5. The van der Waals surface area contributed by atoms with E-state index in [0.29, 0.717) is 11.4 Å². The molecule has 0 amide bonds. The number of rotatable bonds is 4. The maximum absolute atomic E-state index is 13.2. The maximum Gasteiger partial charge on any atom is 0.362 e. The first-order chi connectivity index (χ1) is 9.95. The Morgan fingerprint density at radius 2 is 2.05 bits per heavy atom. The molecule has 0 aliphatic rings. The van der Waals surface area contributed by atoms with Crippen molar-refractivity contribution in [3.8, 4) is 5.75 Å². The molecule has 2 rings (SSSR count). The van der Waals surface area contributed by atoms with Crippen molar-refractivity contribution in [2.24, 2.45) is 0 Å². The third-order valence-electron chi connectivity index (χ3n) is 2.75. The van der Waals surface area contributed by atoms with Crippen LogP contribution < -0.4 is 10.1 Å². The van der Waals surface area contributed by atoms with Crippen LogP contribution in [-0.2, 0) is 0 Å². The van der Waals surface area contributed by atoms with Crippen LogP contribution >= 0.6 is 0 Å². The number of aryl methyl sites for hydroxylation is 1. The largest absolute Gasteiger partial charge is 0.421 e. The molecule has 0 saturated carbocycles. The highest BCUT2D eigenvalue weighted by atomic mass is 19.1. The third kappa shape index (κ3) is 4.02. The zero-order valence-electron chi connectivity index (χ0n) is 12.2. The van der Waals surface area contributed by atoms with Crippen molar-refractivity contribution in [2.45, 2.75) is 26.8 Å². The van der Waals surface area contributed by atoms with E-state index >= 15 is 0 Å². The molecule has 0 saturated heterocycles. The number of benzene rings is 1. The Bertz CT molecular complexity index is 656. The molecular weight excluding hydrogens is 271 g/mol. The Labute approximate surface area is 123 Å². The predicted molar refractivity (Wildman–Crippen MR) is 79.1 cm³/mol. The number of aromatic nitrogens is 1. The predicted octanol–water partition coefficient (Wildman–Crippen LogP) is 3.57. The molecule has 0 unspecified atom stereocenters. The van der Waals surface area contributed by atoms with Crippen molar-refractivity contribution in [1.82, 2.24) is 4.98 Å². The maximum atomic E-state index is 13.2. The van der Waals surface area contributed by atoms with Crippen LogP contribution in [0.3, 0.4) is 0 Å². The molecule has 0 fully saturated rings. The summed E-state index contributed by atoms with van der Waals surface area (Å²) in [5.41, 5.74) is 0.852. The van der Waals surface area contributed by atoms with Gasteiger partial charge in [0.2, 0.25) is 0 Å². The van der Waals surface area contributed by atoms with Gasteiger partial charge in [0.15, 0.2) is 5.69 Å². The molecule has 1 heterocycles. The summed E-state index contributed by atoms with van der Waals surface area (Å²) in [5.74, 6) is -0.276. The number of carbonyl (C=O) groups excluding carboxylic acids is 1. The highest BCUT2D eigenvalue weighted by Crippen LogP contribution is 2.20. The molecule has 1 aromatic carbocycles. The summed E-state index contributed by atoms with van der Waals surface area (Å²) >= 11 is 0. The number of nitrogens with zero attached hydrogens (tertiary/aromatic N) is 1. The molecule has 0 bridgehead atoms. The summed E-state index contributed by atoms with van der Waals surface area (Å²) in [4.78, 5) is 16.3. The molecule has 5 heteroatoms. The number of anilines is 1. The summed E-state index contributed by atoms with van der Waals surface area (Å²) in [7, 11) is 0. The van der Waals surface area contributed by atoms with E-state index in [1.165, 1.54) is 12.1 Å². The van der Waals surface area contributed by atoms with Gasteiger partial charge in [-0.3, -0.25) is 0 Å². The molecular formula is C16H17FN2O2. The minimum absolute atomic E-state index is 0.171. The van der Waals surface area contributed by atoms with Crippen LogP contribution in [-0.4, -0.2) is 17.0 Å². The zero-order valence-corrected chi connectivity index (χ0v) is 12.2. The number of carbonyl (C=O) groups is 1. The Morgan fingerprint density at radius 3 is 2.76 bits per heavy atom. The van der Waals surface area contributed by atoms with Gasteiger partial charge in [-0.15, -0.1) is 0 Å². The van der Waals surface area contributed by atoms with Crippen molar-refractivity contribution in [1.29, 1.82) is 0 Å². The van der Waals surface area contributed by atoms with E-state index in [0.717, 1.165) is 0 Å². The summed E-state index contributed by atoms with van der Waals surface area (Å²) < 4.78 is 18.4. The number of esters is 1. The Hall–Kier alpha value is -2.43. The molecule has 4 nitrogen and oxygen atoms in total. The second kappa shape index (κ2) is 6.35. The lowest BCUT2D eigenvalue weighted by Crippen LogP contribution is -2.15. The van der Waals surface area contributed by atoms with Crippen LogP contribution in [0.2, 0.25) is 0 Å². The van der Waals surface area contributed by atoms with E-state index in [1.807, 2.05) is 13.8 Å². The molecule has 110 valence electrons. The summed E-state index contributed by atoms with van der Waals surface area (Å²) in [5, 5.41) is 3.11. The number of nitrogens with one attached hydrogen (secondary N) is 1.